The molecule has 0 aromatic rings. The van der Waals surface area contributed by atoms with Gasteiger partial charge >= 0.3 is 0 Å². The average Bonchev–Trinajstić information content (AvgIpc) is 2.75. The van der Waals surface area contributed by atoms with Crippen LogP contribution in [0.15, 0.2) is 12.2 Å². The van der Waals surface area contributed by atoms with Crippen molar-refractivity contribution in [1.29, 1.82) is 0 Å². The van der Waals surface area contributed by atoms with E-state index in [0.717, 1.165) is 18.9 Å². The van der Waals surface area contributed by atoms with Crippen molar-refractivity contribution in [2.24, 2.45) is 17.6 Å². The van der Waals surface area contributed by atoms with Crippen molar-refractivity contribution in [2.75, 3.05) is 6.61 Å². The predicted octanol–water partition coefficient (Wildman–Crippen LogP) is 2.10. The number of hydrogen-bond donors (Lipinski definition) is 1. The fraction of sp³-hybridized carbons (Fsp3) is 0.833. The molecule has 2 nitrogen and oxygen atoms in total. The van der Waals surface area contributed by atoms with E-state index in [0.29, 0.717) is 12.0 Å². The molecule has 2 N–H and O–H groups in total. The summed E-state index contributed by atoms with van der Waals surface area (Å²) in [5, 5.41) is 0. The first-order valence-electron chi connectivity index (χ1n) is 5.79. The molecule has 3 atom stereocenters. The molecule has 2 rings (SSSR count). The molecule has 0 bridgehead atoms. The molecule has 0 aromatic heterocycles. The van der Waals surface area contributed by atoms with Crippen LogP contribution in [-0.2, 0) is 4.74 Å². The Kier molecular flexibility index (Phi) is 3.24. The standard InChI is InChI=1S/C12H21NO/c1-9-6-7-14-12(9)11(13)8-10-4-2-3-5-10/h2-3,9-12H,4-8,13H2,1H3. The van der Waals surface area contributed by atoms with Crippen LogP contribution in [0.3, 0.4) is 0 Å². The van der Waals surface area contributed by atoms with E-state index in [4.69, 9.17) is 10.5 Å². The summed E-state index contributed by atoms with van der Waals surface area (Å²) in [4.78, 5) is 0. The molecule has 0 aromatic carbocycles. The van der Waals surface area contributed by atoms with Gasteiger partial charge in [0.25, 0.3) is 0 Å². The molecule has 0 amide bonds. The number of nitrogens with two attached hydrogens (primary N) is 1. The third kappa shape index (κ3) is 2.18. The van der Waals surface area contributed by atoms with E-state index in [2.05, 4.69) is 19.1 Å². The van der Waals surface area contributed by atoms with Gasteiger partial charge in [0, 0.05) is 12.6 Å². The van der Waals surface area contributed by atoms with Crippen molar-refractivity contribution >= 4 is 0 Å². The zero-order valence-corrected chi connectivity index (χ0v) is 8.99. The van der Waals surface area contributed by atoms with Crippen LogP contribution >= 0.6 is 0 Å². The van der Waals surface area contributed by atoms with Crippen LogP contribution < -0.4 is 5.73 Å². The van der Waals surface area contributed by atoms with Gasteiger partial charge in [0.15, 0.2) is 0 Å². The molecule has 1 aliphatic heterocycles. The molecule has 1 aliphatic carbocycles. The fourth-order valence-electron chi connectivity index (χ4n) is 2.65. The normalized spacial score (nSPS) is 35.3. The quantitative estimate of drug-likeness (QED) is 0.700. The van der Waals surface area contributed by atoms with Crippen molar-refractivity contribution in [3.05, 3.63) is 12.2 Å². The van der Waals surface area contributed by atoms with Crippen LogP contribution in [0, 0.1) is 11.8 Å². The summed E-state index contributed by atoms with van der Waals surface area (Å²) in [7, 11) is 0. The minimum Gasteiger partial charge on any atom is -0.376 e. The number of allylic oxidation sites excluding steroid dienone is 2. The Morgan fingerprint density at radius 2 is 2.14 bits per heavy atom. The molecule has 0 spiro atoms. The molecule has 80 valence electrons. The summed E-state index contributed by atoms with van der Waals surface area (Å²) in [5.74, 6) is 1.43. The minimum absolute atomic E-state index is 0.248. The fourth-order valence-corrected chi connectivity index (χ4v) is 2.65. The summed E-state index contributed by atoms with van der Waals surface area (Å²) >= 11 is 0. The Morgan fingerprint density at radius 1 is 1.43 bits per heavy atom. The Bertz CT molecular complexity index is 206. The maximum atomic E-state index is 6.20. The van der Waals surface area contributed by atoms with E-state index in [9.17, 15) is 0 Å². The molecule has 0 radical (unpaired) electrons. The first-order chi connectivity index (χ1) is 6.77. The van der Waals surface area contributed by atoms with Gasteiger partial charge in [-0.1, -0.05) is 19.1 Å². The molecule has 1 fully saturated rings. The Labute approximate surface area is 86.5 Å². The lowest BCUT2D eigenvalue weighted by atomic mass is 9.90. The highest BCUT2D eigenvalue weighted by atomic mass is 16.5. The SMILES string of the molecule is CC1CCOC1C(N)CC1CC=CC1. The molecular formula is C12H21NO. The van der Waals surface area contributed by atoms with Gasteiger partial charge in [-0.25, -0.2) is 0 Å². The molecular weight excluding hydrogens is 174 g/mol. The van der Waals surface area contributed by atoms with Crippen LogP contribution in [0.2, 0.25) is 0 Å². The summed E-state index contributed by atoms with van der Waals surface area (Å²) < 4.78 is 5.69. The number of hydrogen-bond acceptors (Lipinski definition) is 2. The highest BCUT2D eigenvalue weighted by molar-refractivity contribution is 4.96. The van der Waals surface area contributed by atoms with Gasteiger partial charge in [-0.15, -0.1) is 0 Å². The lowest BCUT2D eigenvalue weighted by Crippen LogP contribution is -2.39. The molecule has 3 unspecified atom stereocenters. The van der Waals surface area contributed by atoms with Gasteiger partial charge < -0.3 is 10.5 Å². The van der Waals surface area contributed by atoms with E-state index >= 15 is 0 Å². The summed E-state index contributed by atoms with van der Waals surface area (Å²) in [6.07, 6.45) is 9.61. The number of ether oxygens (including phenoxy) is 1. The molecule has 2 heteroatoms. The zero-order chi connectivity index (χ0) is 9.97. The first-order valence-corrected chi connectivity index (χ1v) is 5.79. The van der Waals surface area contributed by atoms with Crippen LogP contribution in [0.1, 0.15) is 32.6 Å². The van der Waals surface area contributed by atoms with Crippen LogP contribution in [0.5, 0.6) is 0 Å². The van der Waals surface area contributed by atoms with Crippen molar-refractivity contribution < 1.29 is 4.74 Å². The minimum atomic E-state index is 0.248. The smallest absolute Gasteiger partial charge is 0.0752 e. The largest absolute Gasteiger partial charge is 0.376 e. The van der Waals surface area contributed by atoms with Gasteiger partial charge in [-0.2, -0.15) is 0 Å². The van der Waals surface area contributed by atoms with Crippen molar-refractivity contribution in [1.82, 2.24) is 0 Å². The van der Waals surface area contributed by atoms with Crippen LogP contribution in [0.4, 0.5) is 0 Å². The molecule has 1 heterocycles. The summed E-state index contributed by atoms with van der Waals surface area (Å²) in [5.41, 5.74) is 6.20. The van der Waals surface area contributed by atoms with Gasteiger partial charge in [0.2, 0.25) is 0 Å². The zero-order valence-electron chi connectivity index (χ0n) is 8.99. The summed E-state index contributed by atoms with van der Waals surface area (Å²) in [6.45, 7) is 3.16. The van der Waals surface area contributed by atoms with Gasteiger partial charge in [-0.05, 0) is 37.5 Å². The second-order valence-corrected chi connectivity index (χ2v) is 4.81. The topological polar surface area (TPSA) is 35.2 Å². The molecule has 0 saturated carbocycles. The van der Waals surface area contributed by atoms with Crippen molar-refractivity contribution in [3.8, 4) is 0 Å². The third-order valence-corrected chi connectivity index (χ3v) is 3.58. The monoisotopic (exact) mass is 195 g/mol. The van der Waals surface area contributed by atoms with Gasteiger partial charge in [0.05, 0.1) is 6.10 Å². The maximum Gasteiger partial charge on any atom is 0.0752 e. The van der Waals surface area contributed by atoms with E-state index < -0.39 is 0 Å². The third-order valence-electron chi connectivity index (χ3n) is 3.58. The summed E-state index contributed by atoms with van der Waals surface area (Å²) in [6, 6.07) is 0.248. The highest BCUT2D eigenvalue weighted by Gasteiger charge is 2.31. The van der Waals surface area contributed by atoms with Gasteiger partial charge in [0.1, 0.15) is 0 Å². The lowest BCUT2D eigenvalue weighted by Gasteiger charge is -2.24. The van der Waals surface area contributed by atoms with E-state index in [1.807, 2.05) is 0 Å². The Balaban J connectivity index is 1.79. The second-order valence-electron chi connectivity index (χ2n) is 4.81. The predicted molar refractivity (Wildman–Crippen MR) is 58.0 cm³/mol. The van der Waals surface area contributed by atoms with Crippen molar-refractivity contribution in [3.63, 3.8) is 0 Å². The van der Waals surface area contributed by atoms with E-state index in [1.165, 1.54) is 19.3 Å². The Morgan fingerprint density at radius 3 is 2.71 bits per heavy atom. The number of rotatable bonds is 3. The van der Waals surface area contributed by atoms with Crippen LogP contribution in [-0.4, -0.2) is 18.8 Å². The molecule has 2 aliphatic rings. The van der Waals surface area contributed by atoms with E-state index in [-0.39, 0.29) is 6.04 Å². The average molecular weight is 195 g/mol. The molecule has 1 saturated heterocycles. The van der Waals surface area contributed by atoms with Gasteiger partial charge in [-0.3, -0.25) is 0 Å². The second kappa shape index (κ2) is 4.45. The van der Waals surface area contributed by atoms with Crippen molar-refractivity contribution in [2.45, 2.75) is 44.8 Å². The highest BCUT2D eigenvalue weighted by Crippen LogP contribution is 2.28. The van der Waals surface area contributed by atoms with Crippen LogP contribution in [0.25, 0.3) is 0 Å². The maximum absolute atomic E-state index is 6.20. The first kappa shape index (κ1) is 10.2. The molecule has 14 heavy (non-hydrogen) atoms. The van der Waals surface area contributed by atoms with E-state index in [1.54, 1.807) is 0 Å². The Hall–Kier alpha value is -0.340. The lowest BCUT2D eigenvalue weighted by molar-refractivity contribution is 0.0656.